The van der Waals surface area contributed by atoms with Crippen LogP contribution in [0.25, 0.3) is 0 Å². The van der Waals surface area contributed by atoms with Crippen LogP contribution in [0.5, 0.6) is 0 Å². The maximum Gasteiger partial charge on any atom is 0.360 e. The number of rotatable bonds is 6. The Bertz CT molecular complexity index is 436. The summed E-state index contributed by atoms with van der Waals surface area (Å²) in [6, 6.07) is 7.18. The van der Waals surface area contributed by atoms with E-state index in [2.05, 4.69) is 4.74 Å². The molecule has 0 bridgehead atoms. The molecular formula is C12H12F4O3. The molecule has 3 nitrogen and oxygen atoms in total. The second-order valence-corrected chi connectivity index (χ2v) is 3.88. The third-order valence-electron chi connectivity index (χ3n) is 2.63. The first-order valence-corrected chi connectivity index (χ1v) is 5.26. The van der Waals surface area contributed by atoms with Gasteiger partial charge in [0.15, 0.2) is 5.78 Å². The van der Waals surface area contributed by atoms with Crippen LogP contribution in [0, 0.1) is 0 Å². The van der Waals surface area contributed by atoms with Crippen LogP contribution in [0.4, 0.5) is 17.6 Å². The molecule has 1 aromatic carbocycles. The maximum absolute atomic E-state index is 13.2. The van der Waals surface area contributed by atoms with E-state index in [1.54, 1.807) is 6.07 Å². The first kappa shape index (κ1) is 15.6. The zero-order valence-electron chi connectivity index (χ0n) is 9.95. The SMILES string of the molecule is COC(O)(CC(=O)c1ccccc1)C(F)(F)C(F)F. The van der Waals surface area contributed by atoms with Gasteiger partial charge in [-0.1, -0.05) is 30.3 Å². The van der Waals surface area contributed by atoms with E-state index in [1.807, 2.05) is 0 Å². The molecule has 0 aromatic heterocycles. The van der Waals surface area contributed by atoms with Gasteiger partial charge in [0.1, 0.15) is 0 Å². The van der Waals surface area contributed by atoms with Gasteiger partial charge in [0, 0.05) is 12.7 Å². The van der Waals surface area contributed by atoms with Crippen molar-refractivity contribution in [1.82, 2.24) is 0 Å². The van der Waals surface area contributed by atoms with Crippen molar-refractivity contribution in [2.45, 2.75) is 24.6 Å². The second-order valence-electron chi connectivity index (χ2n) is 3.88. The van der Waals surface area contributed by atoms with Crippen LogP contribution in [0.2, 0.25) is 0 Å². The van der Waals surface area contributed by atoms with Gasteiger partial charge in [-0.2, -0.15) is 8.78 Å². The van der Waals surface area contributed by atoms with E-state index in [-0.39, 0.29) is 5.56 Å². The number of carbonyl (C=O) groups is 1. The summed E-state index contributed by atoms with van der Waals surface area (Å²) in [7, 11) is 0.633. The molecule has 19 heavy (non-hydrogen) atoms. The summed E-state index contributed by atoms with van der Waals surface area (Å²) in [5.41, 5.74) is 0.0167. The monoisotopic (exact) mass is 280 g/mol. The minimum atomic E-state index is -4.85. The van der Waals surface area contributed by atoms with Gasteiger partial charge in [-0.25, -0.2) is 8.78 Å². The number of benzene rings is 1. The molecule has 0 heterocycles. The quantitative estimate of drug-likeness (QED) is 0.495. The summed E-state index contributed by atoms with van der Waals surface area (Å²) in [6.07, 6.45) is -5.42. The van der Waals surface area contributed by atoms with E-state index in [0.29, 0.717) is 7.11 Å². The molecule has 0 saturated carbocycles. The van der Waals surface area contributed by atoms with E-state index in [9.17, 15) is 27.5 Å². The minimum Gasteiger partial charge on any atom is -0.360 e. The van der Waals surface area contributed by atoms with E-state index < -0.39 is 30.3 Å². The maximum atomic E-state index is 13.2. The number of methoxy groups -OCH3 is 1. The molecule has 7 heteroatoms. The summed E-state index contributed by atoms with van der Waals surface area (Å²) < 4.78 is 54.9. The van der Waals surface area contributed by atoms with Gasteiger partial charge in [0.2, 0.25) is 5.79 Å². The molecule has 106 valence electrons. The molecule has 0 aliphatic rings. The standard InChI is InChI=1S/C12H12F4O3/c1-19-11(18,12(15,16)10(13)14)7-9(17)8-5-3-2-4-6-8/h2-6,10,18H,7H2,1H3. The molecule has 1 unspecified atom stereocenters. The molecule has 0 aliphatic heterocycles. The second kappa shape index (κ2) is 5.66. The molecule has 0 saturated heterocycles. The van der Waals surface area contributed by atoms with Gasteiger partial charge in [-0.15, -0.1) is 0 Å². The smallest absolute Gasteiger partial charge is 0.360 e. The molecule has 1 N–H and O–H groups in total. The summed E-state index contributed by atoms with van der Waals surface area (Å²) in [6.45, 7) is 0. The number of Topliss-reactive ketones (excluding diaryl/α,β-unsaturated/α-hetero) is 1. The fourth-order valence-electron chi connectivity index (χ4n) is 1.44. The normalized spacial score (nSPS) is 15.3. The van der Waals surface area contributed by atoms with E-state index in [4.69, 9.17) is 0 Å². The fourth-order valence-corrected chi connectivity index (χ4v) is 1.44. The Labute approximate surface area is 106 Å². The first-order valence-electron chi connectivity index (χ1n) is 5.26. The largest absolute Gasteiger partial charge is 0.360 e. The van der Waals surface area contributed by atoms with Crippen LogP contribution in [-0.2, 0) is 4.74 Å². The number of carbonyl (C=O) groups excluding carboxylic acids is 1. The van der Waals surface area contributed by atoms with E-state index in [1.165, 1.54) is 24.3 Å². The lowest BCUT2D eigenvalue weighted by Gasteiger charge is -2.33. The van der Waals surface area contributed by atoms with Gasteiger partial charge in [-0.05, 0) is 0 Å². The van der Waals surface area contributed by atoms with Gasteiger partial charge < -0.3 is 9.84 Å². The lowest BCUT2D eigenvalue weighted by atomic mass is 9.98. The summed E-state index contributed by atoms with van der Waals surface area (Å²) in [5, 5.41) is 9.48. The predicted molar refractivity (Wildman–Crippen MR) is 58.3 cm³/mol. The Morgan fingerprint density at radius 2 is 1.84 bits per heavy atom. The molecular weight excluding hydrogens is 268 g/mol. The Balaban J connectivity index is 2.97. The average molecular weight is 280 g/mol. The minimum absolute atomic E-state index is 0.0167. The third-order valence-corrected chi connectivity index (χ3v) is 2.63. The Hall–Kier alpha value is -1.47. The number of ketones is 1. The topological polar surface area (TPSA) is 46.5 Å². The van der Waals surface area contributed by atoms with E-state index >= 15 is 0 Å². The Morgan fingerprint density at radius 1 is 1.32 bits per heavy atom. The van der Waals surface area contributed by atoms with E-state index in [0.717, 1.165) is 0 Å². The molecule has 0 amide bonds. The van der Waals surface area contributed by atoms with Crippen molar-refractivity contribution in [2.24, 2.45) is 0 Å². The van der Waals surface area contributed by atoms with Crippen LogP contribution in [-0.4, -0.2) is 36.1 Å². The van der Waals surface area contributed by atoms with Gasteiger partial charge >= 0.3 is 12.3 Å². The molecule has 1 atom stereocenters. The van der Waals surface area contributed by atoms with Crippen LogP contribution < -0.4 is 0 Å². The van der Waals surface area contributed by atoms with Crippen molar-refractivity contribution in [1.29, 1.82) is 0 Å². The van der Waals surface area contributed by atoms with Crippen molar-refractivity contribution < 1.29 is 32.2 Å². The van der Waals surface area contributed by atoms with Gasteiger partial charge in [-0.3, -0.25) is 4.79 Å². The van der Waals surface area contributed by atoms with Crippen molar-refractivity contribution >= 4 is 5.78 Å². The van der Waals surface area contributed by atoms with Gasteiger partial charge in [0.25, 0.3) is 0 Å². The fraction of sp³-hybridized carbons (Fsp3) is 0.417. The molecule has 1 rings (SSSR count). The van der Waals surface area contributed by atoms with Crippen LogP contribution in [0.1, 0.15) is 16.8 Å². The molecule has 0 fully saturated rings. The molecule has 0 radical (unpaired) electrons. The summed E-state index contributed by atoms with van der Waals surface area (Å²) >= 11 is 0. The third kappa shape index (κ3) is 3.10. The van der Waals surface area contributed by atoms with Crippen LogP contribution in [0.15, 0.2) is 30.3 Å². The van der Waals surface area contributed by atoms with Crippen molar-refractivity contribution in [3.05, 3.63) is 35.9 Å². The van der Waals surface area contributed by atoms with Crippen LogP contribution in [0.3, 0.4) is 0 Å². The molecule has 0 spiro atoms. The van der Waals surface area contributed by atoms with Crippen LogP contribution >= 0.6 is 0 Å². The zero-order chi connectivity index (χ0) is 14.7. The highest BCUT2D eigenvalue weighted by molar-refractivity contribution is 5.96. The predicted octanol–water partition coefficient (Wildman–Crippen LogP) is 2.49. The molecule has 1 aromatic rings. The average Bonchev–Trinajstić information content (AvgIpc) is 2.39. The lowest BCUT2D eigenvalue weighted by Crippen LogP contribution is -2.55. The zero-order valence-corrected chi connectivity index (χ0v) is 9.95. The molecule has 0 aliphatic carbocycles. The number of alkyl halides is 4. The summed E-state index contributed by atoms with van der Waals surface area (Å²) in [5.74, 6) is -9.33. The van der Waals surface area contributed by atoms with Crippen molar-refractivity contribution in [3.63, 3.8) is 0 Å². The highest BCUT2D eigenvalue weighted by atomic mass is 19.3. The van der Waals surface area contributed by atoms with Crippen molar-refractivity contribution in [3.8, 4) is 0 Å². The highest BCUT2D eigenvalue weighted by Gasteiger charge is 2.61. The number of aliphatic hydroxyl groups is 1. The number of ether oxygens (including phenoxy) is 1. The highest BCUT2D eigenvalue weighted by Crippen LogP contribution is 2.38. The van der Waals surface area contributed by atoms with Gasteiger partial charge in [0.05, 0.1) is 6.42 Å². The Morgan fingerprint density at radius 3 is 2.26 bits per heavy atom. The number of halogens is 4. The summed E-state index contributed by atoms with van der Waals surface area (Å²) in [4.78, 5) is 11.7. The Kier molecular flexibility index (Phi) is 4.65. The number of hydrogen-bond acceptors (Lipinski definition) is 3. The number of hydrogen-bond donors (Lipinski definition) is 1. The van der Waals surface area contributed by atoms with Crippen molar-refractivity contribution in [2.75, 3.05) is 7.11 Å². The lowest BCUT2D eigenvalue weighted by molar-refractivity contribution is -0.337. The first-order chi connectivity index (χ1) is 8.74.